The van der Waals surface area contributed by atoms with Crippen molar-refractivity contribution in [2.24, 2.45) is 0 Å². The Balaban J connectivity index is 2.41. The summed E-state index contributed by atoms with van der Waals surface area (Å²) in [6, 6.07) is 9.70. The van der Waals surface area contributed by atoms with E-state index in [1.54, 1.807) is 17.4 Å². The van der Waals surface area contributed by atoms with Gasteiger partial charge >= 0.3 is 0 Å². The quantitative estimate of drug-likeness (QED) is 0.854. The third kappa shape index (κ3) is 2.47. The molecule has 0 aliphatic carbocycles. The summed E-state index contributed by atoms with van der Waals surface area (Å²) in [6.07, 6.45) is 1.03. The first kappa shape index (κ1) is 13.2. The van der Waals surface area contributed by atoms with E-state index in [0.717, 1.165) is 22.4 Å². The van der Waals surface area contributed by atoms with Crippen LogP contribution in [0.1, 0.15) is 29.8 Å². The maximum absolute atomic E-state index is 13.9. The summed E-state index contributed by atoms with van der Waals surface area (Å²) in [4.78, 5) is 2.27. The maximum atomic E-state index is 13.9. The molecule has 0 saturated carbocycles. The van der Waals surface area contributed by atoms with Gasteiger partial charge in [-0.2, -0.15) is 0 Å². The molecule has 0 radical (unpaired) electrons. The van der Waals surface area contributed by atoms with Crippen LogP contribution in [0.2, 0.25) is 0 Å². The van der Waals surface area contributed by atoms with Gasteiger partial charge in [-0.3, -0.25) is 0 Å². The lowest BCUT2D eigenvalue weighted by Gasteiger charge is -2.11. The van der Waals surface area contributed by atoms with E-state index in [1.165, 1.54) is 10.9 Å². The van der Waals surface area contributed by atoms with Crippen molar-refractivity contribution in [2.75, 3.05) is 7.05 Å². The maximum Gasteiger partial charge on any atom is 0.132 e. The molecule has 0 aliphatic heterocycles. The SMILES string of the molecule is CCC(NC)c1ccc(-c2c(C)cccc2F)s1. The molecule has 1 heterocycles. The summed E-state index contributed by atoms with van der Waals surface area (Å²) in [5.74, 6) is -0.138. The largest absolute Gasteiger partial charge is 0.312 e. The molecular formula is C15H18FNS. The molecule has 1 nitrogen and oxygen atoms in total. The van der Waals surface area contributed by atoms with Gasteiger partial charge in [-0.25, -0.2) is 4.39 Å². The van der Waals surface area contributed by atoms with Crippen molar-refractivity contribution in [3.63, 3.8) is 0 Å². The summed E-state index contributed by atoms with van der Waals surface area (Å²) in [6.45, 7) is 4.10. The molecule has 1 atom stereocenters. The molecule has 1 unspecified atom stereocenters. The van der Waals surface area contributed by atoms with Gasteiger partial charge in [0, 0.05) is 21.4 Å². The van der Waals surface area contributed by atoms with E-state index >= 15 is 0 Å². The van der Waals surface area contributed by atoms with E-state index < -0.39 is 0 Å². The van der Waals surface area contributed by atoms with Crippen molar-refractivity contribution < 1.29 is 4.39 Å². The Labute approximate surface area is 112 Å². The Hall–Kier alpha value is -1.19. The lowest BCUT2D eigenvalue weighted by molar-refractivity contribution is 0.586. The van der Waals surface area contributed by atoms with Crippen LogP contribution >= 0.6 is 11.3 Å². The fraction of sp³-hybridized carbons (Fsp3) is 0.333. The summed E-state index contributed by atoms with van der Waals surface area (Å²) >= 11 is 1.67. The average Bonchev–Trinajstić information content (AvgIpc) is 2.80. The Morgan fingerprint density at radius 1 is 1.28 bits per heavy atom. The zero-order chi connectivity index (χ0) is 13.1. The lowest BCUT2D eigenvalue weighted by atomic mass is 10.1. The standard InChI is InChI=1S/C15H18FNS/c1-4-12(17-3)13-8-9-14(18-13)15-10(2)6-5-7-11(15)16/h5-9,12,17H,4H2,1-3H3. The molecule has 2 rings (SSSR count). The molecule has 0 saturated heterocycles. The number of hydrogen-bond donors (Lipinski definition) is 1. The van der Waals surface area contributed by atoms with Crippen LogP contribution in [0.3, 0.4) is 0 Å². The number of rotatable bonds is 4. The van der Waals surface area contributed by atoms with Crippen molar-refractivity contribution in [3.8, 4) is 10.4 Å². The van der Waals surface area contributed by atoms with E-state index in [4.69, 9.17) is 0 Å². The van der Waals surface area contributed by atoms with Crippen LogP contribution in [0, 0.1) is 12.7 Å². The number of nitrogens with one attached hydrogen (secondary N) is 1. The highest BCUT2D eigenvalue weighted by Crippen LogP contribution is 2.35. The molecule has 1 aromatic carbocycles. The molecule has 0 amide bonds. The predicted octanol–water partition coefficient (Wildman–Crippen LogP) is 4.53. The van der Waals surface area contributed by atoms with Gasteiger partial charge in [0.2, 0.25) is 0 Å². The van der Waals surface area contributed by atoms with Crippen molar-refractivity contribution in [2.45, 2.75) is 26.3 Å². The Morgan fingerprint density at radius 3 is 2.67 bits per heavy atom. The Bertz CT molecular complexity index is 509. The second-order valence-electron chi connectivity index (χ2n) is 4.38. The van der Waals surface area contributed by atoms with Crippen LogP contribution in [0.25, 0.3) is 10.4 Å². The molecule has 3 heteroatoms. The normalized spacial score (nSPS) is 12.7. The van der Waals surface area contributed by atoms with E-state index in [9.17, 15) is 4.39 Å². The highest BCUT2D eigenvalue weighted by Gasteiger charge is 2.14. The molecule has 18 heavy (non-hydrogen) atoms. The van der Waals surface area contributed by atoms with E-state index in [0.29, 0.717) is 6.04 Å². The first-order valence-electron chi connectivity index (χ1n) is 6.19. The zero-order valence-corrected chi connectivity index (χ0v) is 11.8. The van der Waals surface area contributed by atoms with Gasteiger partial charge in [0.1, 0.15) is 5.82 Å². The molecule has 1 N–H and O–H groups in total. The Kier molecular flexibility index (Phi) is 4.15. The molecule has 96 valence electrons. The number of hydrogen-bond acceptors (Lipinski definition) is 2. The molecule has 0 bridgehead atoms. The van der Waals surface area contributed by atoms with Gasteiger partial charge in [-0.15, -0.1) is 11.3 Å². The number of aryl methyl sites for hydroxylation is 1. The Morgan fingerprint density at radius 2 is 2.06 bits per heavy atom. The van der Waals surface area contributed by atoms with Gasteiger partial charge in [0.25, 0.3) is 0 Å². The minimum atomic E-state index is -0.138. The number of halogens is 1. The highest BCUT2D eigenvalue weighted by molar-refractivity contribution is 7.15. The van der Waals surface area contributed by atoms with Crippen molar-refractivity contribution in [3.05, 3.63) is 46.6 Å². The van der Waals surface area contributed by atoms with Crippen molar-refractivity contribution in [1.82, 2.24) is 5.32 Å². The second-order valence-corrected chi connectivity index (χ2v) is 5.50. The van der Waals surface area contributed by atoms with Crippen LogP contribution in [0.5, 0.6) is 0 Å². The monoisotopic (exact) mass is 263 g/mol. The molecule has 0 aliphatic rings. The lowest BCUT2D eigenvalue weighted by Crippen LogP contribution is -2.13. The summed E-state index contributed by atoms with van der Waals surface area (Å²) in [5, 5.41) is 3.28. The van der Waals surface area contributed by atoms with Gasteiger partial charge in [-0.05, 0) is 44.2 Å². The minimum Gasteiger partial charge on any atom is -0.312 e. The third-order valence-corrected chi connectivity index (χ3v) is 4.41. The first-order valence-corrected chi connectivity index (χ1v) is 7.01. The van der Waals surface area contributed by atoms with E-state index in [2.05, 4.69) is 18.3 Å². The second kappa shape index (κ2) is 5.63. The molecule has 0 spiro atoms. The zero-order valence-electron chi connectivity index (χ0n) is 11.0. The molecule has 1 aromatic heterocycles. The molecule has 0 fully saturated rings. The van der Waals surface area contributed by atoms with E-state index in [1.807, 2.05) is 26.1 Å². The summed E-state index contributed by atoms with van der Waals surface area (Å²) in [7, 11) is 1.96. The number of thiophene rings is 1. The van der Waals surface area contributed by atoms with Crippen LogP contribution in [0.4, 0.5) is 4.39 Å². The smallest absolute Gasteiger partial charge is 0.132 e. The van der Waals surface area contributed by atoms with Crippen LogP contribution in [0.15, 0.2) is 30.3 Å². The van der Waals surface area contributed by atoms with Crippen LogP contribution in [-0.2, 0) is 0 Å². The molecule has 2 aromatic rings. The van der Waals surface area contributed by atoms with Crippen molar-refractivity contribution in [1.29, 1.82) is 0 Å². The van der Waals surface area contributed by atoms with Crippen LogP contribution < -0.4 is 5.32 Å². The van der Waals surface area contributed by atoms with Gasteiger partial charge in [0.05, 0.1) is 0 Å². The van der Waals surface area contributed by atoms with Crippen LogP contribution in [-0.4, -0.2) is 7.05 Å². The van der Waals surface area contributed by atoms with Gasteiger partial charge < -0.3 is 5.32 Å². The fourth-order valence-electron chi connectivity index (χ4n) is 2.17. The van der Waals surface area contributed by atoms with Gasteiger partial charge in [0.15, 0.2) is 0 Å². The highest BCUT2D eigenvalue weighted by atomic mass is 32.1. The summed E-state index contributed by atoms with van der Waals surface area (Å²) < 4.78 is 13.9. The first-order chi connectivity index (χ1) is 8.67. The van der Waals surface area contributed by atoms with E-state index in [-0.39, 0.29) is 5.82 Å². The summed E-state index contributed by atoms with van der Waals surface area (Å²) in [5.41, 5.74) is 1.72. The minimum absolute atomic E-state index is 0.138. The fourth-order valence-corrected chi connectivity index (χ4v) is 3.48. The number of benzene rings is 1. The molecular weight excluding hydrogens is 245 g/mol. The van der Waals surface area contributed by atoms with Gasteiger partial charge in [-0.1, -0.05) is 19.1 Å². The van der Waals surface area contributed by atoms with Crippen molar-refractivity contribution >= 4 is 11.3 Å². The third-order valence-electron chi connectivity index (χ3n) is 3.20. The topological polar surface area (TPSA) is 12.0 Å². The average molecular weight is 263 g/mol. The predicted molar refractivity (Wildman–Crippen MR) is 76.5 cm³/mol.